The lowest BCUT2D eigenvalue weighted by atomic mass is 9.92. The number of phenolic OH excluding ortho intramolecular Hbond substituents is 1. The molecule has 1 saturated heterocycles. The topological polar surface area (TPSA) is 90.5 Å². The van der Waals surface area contributed by atoms with Gasteiger partial charge in [-0.25, -0.2) is 0 Å². The number of phenols is 1. The summed E-state index contributed by atoms with van der Waals surface area (Å²) in [5.74, 6) is 0.0475. The van der Waals surface area contributed by atoms with E-state index in [4.69, 9.17) is 0 Å². The summed E-state index contributed by atoms with van der Waals surface area (Å²) in [4.78, 5) is 23.9. The first-order chi connectivity index (χ1) is 11.1. The number of carbonyl (C=O) groups is 2. The Balaban J connectivity index is 1.62. The Morgan fingerprint density at radius 1 is 1.30 bits per heavy atom. The van der Waals surface area contributed by atoms with E-state index >= 15 is 0 Å². The van der Waals surface area contributed by atoms with E-state index in [-0.39, 0.29) is 23.5 Å². The predicted molar refractivity (Wildman–Crippen MR) is 88.3 cm³/mol. The van der Waals surface area contributed by atoms with Gasteiger partial charge in [0.15, 0.2) is 0 Å². The molecule has 0 unspecified atom stereocenters. The number of aromatic hydroxyl groups is 1. The van der Waals surface area contributed by atoms with Crippen molar-refractivity contribution in [2.45, 2.75) is 32.2 Å². The number of benzene rings is 1. The minimum atomic E-state index is -0.223. The molecule has 0 aromatic heterocycles. The lowest BCUT2D eigenvalue weighted by Crippen LogP contribution is -2.42. The minimum Gasteiger partial charge on any atom is -0.508 e. The largest absolute Gasteiger partial charge is 0.508 e. The van der Waals surface area contributed by atoms with Gasteiger partial charge in [0.25, 0.3) is 5.91 Å². The van der Waals surface area contributed by atoms with Gasteiger partial charge in [0.2, 0.25) is 5.91 Å². The molecule has 2 atom stereocenters. The quantitative estimate of drug-likeness (QED) is 0.589. The highest BCUT2D eigenvalue weighted by atomic mass is 16.3. The van der Waals surface area contributed by atoms with Crippen molar-refractivity contribution in [1.29, 1.82) is 0 Å². The third-order valence-corrected chi connectivity index (χ3v) is 4.04. The van der Waals surface area contributed by atoms with E-state index in [9.17, 15) is 14.7 Å². The molecule has 6 nitrogen and oxygen atoms in total. The summed E-state index contributed by atoms with van der Waals surface area (Å²) in [6.07, 6.45) is 2.43. The first kappa shape index (κ1) is 17.3. The van der Waals surface area contributed by atoms with E-state index in [1.807, 2.05) is 0 Å². The van der Waals surface area contributed by atoms with E-state index in [2.05, 4.69) is 22.9 Å². The molecule has 0 saturated carbocycles. The van der Waals surface area contributed by atoms with Crippen LogP contribution in [0.15, 0.2) is 24.3 Å². The Kier molecular flexibility index (Phi) is 6.40. The molecule has 0 aliphatic carbocycles. The molecule has 1 fully saturated rings. The Labute approximate surface area is 136 Å². The lowest BCUT2D eigenvalue weighted by molar-refractivity contribution is -0.126. The van der Waals surface area contributed by atoms with Crippen molar-refractivity contribution in [2.24, 2.45) is 5.92 Å². The van der Waals surface area contributed by atoms with Crippen LogP contribution in [0.3, 0.4) is 0 Å². The summed E-state index contributed by atoms with van der Waals surface area (Å²) < 4.78 is 0. The highest BCUT2D eigenvalue weighted by Crippen LogP contribution is 2.15. The van der Waals surface area contributed by atoms with Gasteiger partial charge >= 0.3 is 0 Å². The third kappa shape index (κ3) is 5.56. The number of rotatable bonds is 6. The van der Waals surface area contributed by atoms with Crippen molar-refractivity contribution in [2.75, 3.05) is 19.6 Å². The van der Waals surface area contributed by atoms with Crippen molar-refractivity contribution in [3.05, 3.63) is 29.8 Å². The third-order valence-electron chi connectivity index (χ3n) is 4.04. The second-order valence-electron chi connectivity index (χ2n) is 6.03. The maximum absolute atomic E-state index is 12.0. The molecule has 2 amide bonds. The van der Waals surface area contributed by atoms with Crippen LogP contribution < -0.4 is 16.0 Å². The van der Waals surface area contributed by atoms with Crippen LogP contribution in [-0.2, 0) is 4.79 Å². The number of hydrogen-bond acceptors (Lipinski definition) is 4. The smallest absolute Gasteiger partial charge is 0.251 e. The molecule has 0 bridgehead atoms. The van der Waals surface area contributed by atoms with Crippen LogP contribution in [0, 0.1) is 5.92 Å². The minimum absolute atomic E-state index is 0.0705. The Hall–Kier alpha value is -2.08. The molecule has 1 aliphatic rings. The highest BCUT2D eigenvalue weighted by molar-refractivity contribution is 5.94. The Morgan fingerprint density at radius 2 is 2.09 bits per heavy atom. The van der Waals surface area contributed by atoms with Crippen molar-refractivity contribution in [1.82, 2.24) is 16.0 Å². The van der Waals surface area contributed by atoms with Gasteiger partial charge in [-0.3, -0.25) is 9.59 Å². The van der Waals surface area contributed by atoms with Crippen molar-refractivity contribution in [3.8, 4) is 5.75 Å². The molecular weight excluding hydrogens is 294 g/mol. The van der Waals surface area contributed by atoms with Crippen LogP contribution >= 0.6 is 0 Å². The molecule has 4 N–H and O–H groups in total. The summed E-state index contributed by atoms with van der Waals surface area (Å²) in [6, 6.07) is 6.62. The first-order valence-corrected chi connectivity index (χ1v) is 8.14. The van der Waals surface area contributed by atoms with Crippen molar-refractivity contribution < 1.29 is 14.7 Å². The van der Waals surface area contributed by atoms with E-state index < -0.39 is 0 Å². The molecule has 1 aliphatic heterocycles. The van der Waals surface area contributed by atoms with Crippen LogP contribution in [0.2, 0.25) is 0 Å². The maximum Gasteiger partial charge on any atom is 0.251 e. The maximum atomic E-state index is 12.0. The zero-order chi connectivity index (χ0) is 16.7. The highest BCUT2D eigenvalue weighted by Gasteiger charge is 2.24. The molecule has 126 valence electrons. The Morgan fingerprint density at radius 3 is 2.83 bits per heavy atom. The summed E-state index contributed by atoms with van der Waals surface area (Å²) in [5.41, 5.74) is 0.428. The number of nitrogens with one attached hydrogen (secondary N) is 3. The first-order valence-electron chi connectivity index (χ1n) is 8.14. The van der Waals surface area contributed by atoms with Crippen LogP contribution in [0.1, 0.15) is 36.5 Å². The molecular formula is C17H25N3O3. The van der Waals surface area contributed by atoms with E-state index in [1.165, 1.54) is 12.1 Å². The summed E-state index contributed by atoms with van der Waals surface area (Å²) in [6.45, 7) is 4.02. The normalized spacial score (nSPS) is 20.7. The van der Waals surface area contributed by atoms with E-state index in [1.54, 1.807) is 12.1 Å². The SMILES string of the molecule is C[C@H]1C[C@@H](C(=O)NCCCNC(=O)c2cccc(O)c2)CCN1. The summed E-state index contributed by atoms with van der Waals surface area (Å²) in [5, 5.41) is 18.4. The zero-order valence-electron chi connectivity index (χ0n) is 13.5. The predicted octanol–water partition coefficient (Wildman–Crippen LogP) is 1.02. The molecule has 1 aromatic rings. The molecule has 0 spiro atoms. The second-order valence-corrected chi connectivity index (χ2v) is 6.03. The number of hydrogen-bond donors (Lipinski definition) is 4. The number of piperidine rings is 1. The van der Waals surface area contributed by atoms with Gasteiger partial charge in [-0.2, -0.15) is 0 Å². The van der Waals surface area contributed by atoms with E-state index in [0.29, 0.717) is 31.1 Å². The second kappa shape index (κ2) is 8.53. The van der Waals surface area contributed by atoms with Crippen LogP contribution in [0.4, 0.5) is 0 Å². The lowest BCUT2D eigenvalue weighted by Gasteiger charge is -2.27. The zero-order valence-corrected chi connectivity index (χ0v) is 13.5. The standard InChI is InChI=1S/C17H25N3O3/c1-12-10-14(6-9-18-12)17(23)20-8-3-7-19-16(22)13-4-2-5-15(21)11-13/h2,4-5,11-12,14,18,21H,3,6-10H2,1H3,(H,19,22)(H,20,23)/t12-,14-/m0/s1. The monoisotopic (exact) mass is 319 g/mol. The molecule has 0 radical (unpaired) electrons. The molecule has 1 aromatic carbocycles. The molecule has 6 heteroatoms. The molecule has 23 heavy (non-hydrogen) atoms. The van der Waals surface area contributed by atoms with E-state index in [0.717, 1.165) is 19.4 Å². The van der Waals surface area contributed by atoms with Gasteiger partial charge in [-0.05, 0) is 50.9 Å². The average molecular weight is 319 g/mol. The van der Waals surface area contributed by atoms with Gasteiger partial charge in [0.05, 0.1) is 0 Å². The Bertz CT molecular complexity index is 548. The summed E-state index contributed by atoms with van der Waals surface area (Å²) >= 11 is 0. The average Bonchev–Trinajstić information content (AvgIpc) is 2.54. The summed E-state index contributed by atoms with van der Waals surface area (Å²) in [7, 11) is 0. The van der Waals surface area contributed by atoms with Gasteiger partial charge in [-0.15, -0.1) is 0 Å². The van der Waals surface area contributed by atoms with Gasteiger partial charge in [-0.1, -0.05) is 6.07 Å². The fourth-order valence-corrected chi connectivity index (χ4v) is 2.77. The fourth-order valence-electron chi connectivity index (χ4n) is 2.77. The fraction of sp³-hybridized carbons (Fsp3) is 0.529. The number of amides is 2. The number of carbonyl (C=O) groups excluding carboxylic acids is 2. The van der Waals surface area contributed by atoms with Crippen LogP contribution in [0.25, 0.3) is 0 Å². The van der Waals surface area contributed by atoms with Gasteiger partial charge < -0.3 is 21.1 Å². The van der Waals surface area contributed by atoms with Crippen LogP contribution in [0.5, 0.6) is 5.75 Å². The van der Waals surface area contributed by atoms with Crippen molar-refractivity contribution in [3.63, 3.8) is 0 Å². The van der Waals surface area contributed by atoms with Gasteiger partial charge in [0.1, 0.15) is 5.75 Å². The molecule has 1 heterocycles. The van der Waals surface area contributed by atoms with Crippen molar-refractivity contribution >= 4 is 11.8 Å². The van der Waals surface area contributed by atoms with Crippen LogP contribution in [-0.4, -0.2) is 42.6 Å². The molecule has 2 rings (SSSR count). The van der Waals surface area contributed by atoms with Gasteiger partial charge in [0, 0.05) is 30.6 Å².